The Labute approximate surface area is 80.1 Å². The van der Waals surface area contributed by atoms with Gasteiger partial charge in [0.1, 0.15) is 0 Å². The van der Waals surface area contributed by atoms with Crippen LogP contribution in [0.4, 0.5) is 0 Å². The van der Waals surface area contributed by atoms with Gasteiger partial charge in [-0.2, -0.15) is 0 Å². The average molecular weight is 182 g/mol. The summed E-state index contributed by atoms with van der Waals surface area (Å²) in [6.45, 7) is 1.47. The van der Waals surface area contributed by atoms with Gasteiger partial charge in [0, 0.05) is 19.4 Å². The highest BCUT2D eigenvalue weighted by atomic mass is 16.1. The molecular weight excluding hydrogens is 164 g/mol. The summed E-state index contributed by atoms with van der Waals surface area (Å²) in [5.74, 6) is 2.48. The molecule has 3 heteroatoms. The molecule has 0 rings (SSSR count). The maximum Gasteiger partial charge on any atom is 0.220 e. The van der Waals surface area contributed by atoms with Crippen LogP contribution in [-0.2, 0) is 4.79 Å². The molecule has 0 bridgehead atoms. The monoisotopic (exact) mass is 182 g/mol. The quantitative estimate of drug-likeness (QED) is 0.448. The standard InChI is InChI=1S/C10H18N2O/c1-2-3-7-10(13)12-9-6-4-5-8-11/h1H,3-9,11H2,(H,12,13). The summed E-state index contributed by atoms with van der Waals surface area (Å²) in [5, 5.41) is 2.80. The Hall–Kier alpha value is -1.01. The van der Waals surface area contributed by atoms with Crippen molar-refractivity contribution in [2.45, 2.75) is 32.1 Å². The van der Waals surface area contributed by atoms with Crippen LogP contribution < -0.4 is 11.1 Å². The van der Waals surface area contributed by atoms with Gasteiger partial charge in [-0.25, -0.2) is 0 Å². The Morgan fingerprint density at radius 2 is 2.15 bits per heavy atom. The zero-order chi connectivity index (χ0) is 9.94. The summed E-state index contributed by atoms with van der Waals surface area (Å²) in [6.07, 6.45) is 9.09. The molecule has 3 nitrogen and oxygen atoms in total. The lowest BCUT2D eigenvalue weighted by molar-refractivity contribution is -0.120. The molecule has 0 radical (unpaired) electrons. The van der Waals surface area contributed by atoms with Gasteiger partial charge in [0.25, 0.3) is 0 Å². The highest BCUT2D eigenvalue weighted by molar-refractivity contribution is 5.76. The molecule has 0 saturated heterocycles. The molecule has 0 aliphatic rings. The first-order valence-corrected chi connectivity index (χ1v) is 4.71. The Bertz CT molecular complexity index is 172. The molecule has 0 saturated carbocycles. The molecule has 0 aromatic heterocycles. The Kier molecular flexibility index (Phi) is 8.38. The number of rotatable bonds is 7. The maximum absolute atomic E-state index is 11.0. The Morgan fingerprint density at radius 1 is 1.38 bits per heavy atom. The van der Waals surface area contributed by atoms with Gasteiger partial charge in [0.05, 0.1) is 0 Å². The van der Waals surface area contributed by atoms with Crippen molar-refractivity contribution >= 4 is 5.91 Å². The lowest BCUT2D eigenvalue weighted by Gasteiger charge is -2.02. The molecule has 0 aliphatic heterocycles. The third kappa shape index (κ3) is 8.90. The van der Waals surface area contributed by atoms with E-state index in [1.807, 2.05) is 0 Å². The number of amides is 1. The lowest BCUT2D eigenvalue weighted by Crippen LogP contribution is -2.23. The SMILES string of the molecule is C#CCCC(=O)NCCCCCN. The highest BCUT2D eigenvalue weighted by Gasteiger charge is 1.97. The van der Waals surface area contributed by atoms with Crippen LogP contribution in [0.3, 0.4) is 0 Å². The molecule has 0 atom stereocenters. The molecule has 74 valence electrons. The van der Waals surface area contributed by atoms with Crippen molar-refractivity contribution in [3.05, 3.63) is 0 Å². The topological polar surface area (TPSA) is 55.1 Å². The van der Waals surface area contributed by atoms with Gasteiger partial charge in [-0.3, -0.25) is 4.79 Å². The van der Waals surface area contributed by atoms with Crippen molar-refractivity contribution in [1.29, 1.82) is 0 Å². The second kappa shape index (κ2) is 9.08. The smallest absolute Gasteiger partial charge is 0.220 e. The number of hydrogen-bond acceptors (Lipinski definition) is 2. The van der Waals surface area contributed by atoms with Crippen LogP contribution in [0.15, 0.2) is 0 Å². The number of hydrogen-bond donors (Lipinski definition) is 2. The number of unbranched alkanes of at least 4 members (excludes halogenated alkanes) is 2. The molecule has 0 aliphatic carbocycles. The van der Waals surface area contributed by atoms with E-state index >= 15 is 0 Å². The normalized spacial score (nSPS) is 9.23. The minimum atomic E-state index is 0.0469. The van der Waals surface area contributed by atoms with Gasteiger partial charge in [0.15, 0.2) is 0 Å². The minimum Gasteiger partial charge on any atom is -0.356 e. The van der Waals surface area contributed by atoms with Gasteiger partial charge in [-0.05, 0) is 19.4 Å². The van der Waals surface area contributed by atoms with Gasteiger partial charge >= 0.3 is 0 Å². The Morgan fingerprint density at radius 3 is 2.77 bits per heavy atom. The van der Waals surface area contributed by atoms with E-state index in [0.717, 1.165) is 32.4 Å². The number of nitrogens with two attached hydrogens (primary N) is 1. The van der Waals surface area contributed by atoms with E-state index in [9.17, 15) is 4.79 Å². The third-order valence-electron chi connectivity index (χ3n) is 1.70. The highest BCUT2D eigenvalue weighted by Crippen LogP contribution is 1.92. The molecule has 0 heterocycles. The van der Waals surface area contributed by atoms with Crippen molar-refractivity contribution in [2.75, 3.05) is 13.1 Å². The van der Waals surface area contributed by atoms with Gasteiger partial charge < -0.3 is 11.1 Å². The molecule has 0 spiro atoms. The van der Waals surface area contributed by atoms with Crippen molar-refractivity contribution < 1.29 is 4.79 Å². The molecular formula is C10H18N2O. The van der Waals surface area contributed by atoms with Crippen LogP contribution >= 0.6 is 0 Å². The minimum absolute atomic E-state index is 0.0469. The molecule has 1 amide bonds. The summed E-state index contributed by atoms with van der Waals surface area (Å²) in [6, 6.07) is 0. The summed E-state index contributed by atoms with van der Waals surface area (Å²) >= 11 is 0. The first-order chi connectivity index (χ1) is 6.31. The zero-order valence-corrected chi connectivity index (χ0v) is 8.01. The largest absolute Gasteiger partial charge is 0.356 e. The van der Waals surface area contributed by atoms with Crippen LogP contribution in [0.25, 0.3) is 0 Å². The van der Waals surface area contributed by atoms with Crippen LogP contribution in [-0.4, -0.2) is 19.0 Å². The number of terminal acetylenes is 1. The summed E-state index contributed by atoms with van der Waals surface area (Å²) in [7, 11) is 0. The predicted octanol–water partition coefficient (Wildman–Crippen LogP) is 0.645. The van der Waals surface area contributed by atoms with Crippen molar-refractivity contribution in [2.24, 2.45) is 5.73 Å². The fraction of sp³-hybridized carbons (Fsp3) is 0.700. The molecule has 13 heavy (non-hydrogen) atoms. The van der Waals surface area contributed by atoms with Gasteiger partial charge in [0.2, 0.25) is 5.91 Å². The third-order valence-corrected chi connectivity index (χ3v) is 1.70. The number of carbonyl (C=O) groups is 1. The zero-order valence-electron chi connectivity index (χ0n) is 8.01. The fourth-order valence-electron chi connectivity index (χ4n) is 0.948. The van der Waals surface area contributed by atoms with E-state index in [-0.39, 0.29) is 5.91 Å². The van der Waals surface area contributed by atoms with Gasteiger partial charge in [-0.1, -0.05) is 6.42 Å². The molecule has 0 aromatic carbocycles. The maximum atomic E-state index is 11.0. The molecule has 3 N–H and O–H groups in total. The van der Waals surface area contributed by atoms with Gasteiger partial charge in [-0.15, -0.1) is 12.3 Å². The van der Waals surface area contributed by atoms with Crippen LogP contribution in [0.2, 0.25) is 0 Å². The van der Waals surface area contributed by atoms with Crippen molar-refractivity contribution in [3.8, 4) is 12.3 Å². The van der Waals surface area contributed by atoms with Crippen LogP contribution in [0.1, 0.15) is 32.1 Å². The summed E-state index contributed by atoms with van der Waals surface area (Å²) in [4.78, 5) is 11.0. The van der Waals surface area contributed by atoms with E-state index < -0.39 is 0 Å². The van der Waals surface area contributed by atoms with E-state index in [0.29, 0.717) is 12.8 Å². The first kappa shape index (κ1) is 12.0. The van der Waals surface area contributed by atoms with Crippen molar-refractivity contribution in [3.63, 3.8) is 0 Å². The predicted molar refractivity (Wildman–Crippen MR) is 54.0 cm³/mol. The molecule has 0 unspecified atom stereocenters. The average Bonchev–Trinajstić information content (AvgIpc) is 2.14. The van der Waals surface area contributed by atoms with E-state index in [1.165, 1.54) is 0 Å². The fourth-order valence-corrected chi connectivity index (χ4v) is 0.948. The lowest BCUT2D eigenvalue weighted by atomic mass is 10.2. The summed E-state index contributed by atoms with van der Waals surface area (Å²) in [5.41, 5.74) is 5.33. The molecule has 0 aromatic rings. The van der Waals surface area contributed by atoms with Crippen LogP contribution in [0.5, 0.6) is 0 Å². The van der Waals surface area contributed by atoms with Crippen molar-refractivity contribution in [1.82, 2.24) is 5.32 Å². The first-order valence-electron chi connectivity index (χ1n) is 4.71. The number of nitrogens with one attached hydrogen (secondary N) is 1. The second-order valence-electron chi connectivity index (χ2n) is 2.90. The van der Waals surface area contributed by atoms with E-state index in [4.69, 9.17) is 12.2 Å². The second-order valence-corrected chi connectivity index (χ2v) is 2.90. The van der Waals surface area contributed by atoms with Crippen LogP contribution in [0, 0.1) is 12.3 Å². The Balaban J connectivity index is 3.13. The van der Waals surface area contributed by atoms with E-state index in [2.05, 4.69) is 11.2 Å². The summed E-state index contributed by atoms with van der Waals surface area (Å²) < 4.78 is 0. The number of carbonyl (C=O) groups excluding carboxylic acids is 1. The molecule has 0 fully saturated rings. The van der Waals surface area contributed by atoms with E-state index in [1.54, 1.807) is 0 Å².